The van der Waals surface area contributed by atoms with Gasteiger partial charge in [-0.1, -0.05) is 24.3 Å². The first-order chi connectivity index (χ1) is 13.8. The van der Waals surface area contributed by atoms with Crippen molar-refractivity contribution in [2.75, 3.05) is 20.8 Å². The number of carbonyl (C=O) groups is 1. The van der Waals surface area contributed by atoms with E-state index in [4.69, 9.17) is 9.47 Å². The summed E-state index contributed by atoms with van der Waals surface area (Å²) in [5.74, 6) is 0.362. The van der Waals surface area contributed by atoms with Crippen molar-refractivity contribution in [3.05, 3.63) is 64.7 Å². The Labute approximate surface area is 166 Å². The van der Waals surface area contributed by atoms with Gasteiger partial charge in [-0.25, -0.2) is 0 Å². The molecule has 0 aliphatic carbocycles. The van der Waals surface area contributed by atoms with E-state index in [1.807, 2.05) is 0 Å². The topological polar surface area (TPSA) is 71.3 Å². The number of nitriles is 1. The zero-order valence-electron chi connectivity index (χ0n) is 15.8. The molecule has 0 aromatic heterocycles. The lowest BCUT2D eigenvalue weighted by Crippen LogP contribution is -2.26. The maximum Gasteiger partial charge on any atom is 0.416 e. The number of rotatable bonds is 7. The number of hydrogen-bond donors (Lipinski definition) is 1. The molecule has 152 valence electrons. The molecule has 0 saturated heterocycles. The average molecular weight is 404 g/mol. The standard InChI is InChI=1S/C21H19F3N2O3/c1-28-18-8-7-14(11-19(18)29-2)9-10-26-20(27)16(13-25)12-15-5-3-4-6-17(15)21(22,23)24/h3-8,11-12H,9-10H2,1-2H3,(H,26,27)/b16-12+. The first-order valence-corrected chi connectivity index (χ1v) is 8.57. The molecule has 0 bridgehead atoms. The molecule has 5 nitrogen and oxygen atoms in total. The molecule has 0 saturated carbocycles. The van der Waals surface area contributed by atoms with Crippen LogP contribution in [0.2, 0.25) is 0 Å². The fraction of sp³-hybridized carbons (Fsp3) is 0.238. The minimum absolute atomic E-state index is 0.189. The SMILES string of the molecule is COc1ccc(CCNC(=O)/C(C#N)=C/c2ccccc2C(F)(F)F)cc1OC. The van der Waals surface area contributed by atoms with Crippen molar-refractivity contribution in [2.24, 2.45) is 0 Å². The molecule has 0 radical (unpaired) electrons. The van der Waals surface area contributed by atoms with Crippen molar-refractivity contribution in [2.45, 2.75) is 12.6 Å². The molecule has 0 unspecified atom stereocenters. The van der Waals surface area contributed by atoms with E-state index in [0.717, 1.165) is 17.7 Å². The predicted octanol–water partition coefficient (Wildman–Crippen LogP) is 3.99. The third-order valence-corrected chi connectivity index (χ3v) is 4.08. The number of hydrogen-bond acceptors (Lipinski definition) is 4. The van der Waals surface area contributed by atoms with Crippen molar-refractivity contribution in [3.8, 4) is 17.6 Å². The fourth-order valence-corrected chi connectivity index (χ4v) is 2.64. The Bertz CT molecular complexity index is 947. The van der Waals surface area contributed by atoms with Crippen molar-refractivity contribution in [3.63, 3.8) is 0 Å². The molecule has 2 rings (SSSR count). The summed E-state index contributed by atoms with van der Waals surface area (Å²) in [6, 6.07) is 11.7. The van der Waals surface area contributed by atoms with Crippen LogP contribution < -0.4 is 14.8 Å². The Hall–Kier alpha value is -3.47. The van der Waals surface area contributed by atoms with Gasteiger partial charge in [-0.15, -0.1) is 0 Å². The van der Waals surface area contributed by atoms with E-state index in [1.54, 1.807) is 24.3 Å². The molecule has 0 aliphatic rings. The number of nitrogens with zero attached hydrogens (tertiary/aromatic N) is 1. The number of ether oxygens (including phenoxy) is 2. The normalized spacial score (nSPS) is 11.5. The smallest absolute Gasteiger partial charge is 0.416 e. The third kappa shape index (κ3) is 5.75. The Morgan fingerprint density at radius 1 is 1.14 bits per heavy atom. The largest absolute Gasteiger partial charge is 0.493 e. The van der Waals surface area contributed by atoms with E-state index < -0.39 is 23.2 Å². The van der Waals surface area contributed by atoms with E-state index >= 15 is 0 Å². The van der Waals surface area contributed by atoms with Crippen LogP contribution in [-0.4, -0.2) is 26.7 Å². The zero-order valence-corrected chi connectivity index (χ0v) is 15.8. The second kappa shape index (κ2) is 9.64. The minimum Gasteiger partial charge on any atom is -0.493 e. The summed E-state index contributed by atoms with van der Waals surface area (Å²) in [4.78, 5) is 12.2. The highest BCUT2D eigenvalue weighted by molar-refractivity contribution is 6.01. The lowest BCUT2D eigenvalue weighted by molar-refractivity contribution is -0.137. The molecular weight excluding hydrogens is 385 g/mol. The van der Waals surface area contributed by atoms with Crippen LogP contribution in [0.3, 0.4) is 0 Å². The molecule has 8 heteroatoms. The average Bonchev–Trinajstić information content (AvgIpc) is 2.71. The van der Waals surface area contributed by atoms with E-state index in [9.17, 15) is 23.2 Å². The molecule has 0 fully saturated rings. The molecule has 0 atom stereocenters. The number of benzene rings is 2. The van der Waals surface area contributed by atoms with Gasteiger partial charge in [0.05, 0.1) is 19.8 Å². The van der Waals surface area contributed by atoms with Crippen LogP contribution in [0.5, 0.6) is 11.5 Å². The van der Waals surface area contributed by atoms with Gasteiger partial charge in [-0.3, -0.25) is 4.79 Å². The Morgan fingerprint density at radius 2 is 1.83 bits per heavy atom. The highest BCUT2D eigenvalue weighted by atomic mass is 19.4. The molecule has 0 heterocycles. The van der Waals surface area contributed by atoms with Gasteiger partial charge in [0.15, 0.2) is 11.5 Å². The number of nitrogens with one attached hydrogen (secondary N) is 1. The summed E-state index contributed by atoms with van der Waals surface area (Å²) in [7, 11) is 3.02. The van der Waals surface area contributed by atoms with Crippen LogP contribution >= 0.6 is 0 Å². The van der Waals surface area contributed by atoms with Gasteiger partial charge in [-0.2, -0.15) is 18.4 Å². The van der Waals surface area contributed by atoms with Gasteiger partial charge in [0.2, 0.25) is 0 Å². The van der Waals surface area contributed by atoms with Gasteiger partial charge in [-0.05, 0) is 41.8 Å². The summed E-state index contributed by atoms with van der Waals surface area (Å²) in [6.45, 7) is 0.189. The highest BCUT2D eigenvalue weighted by Gasteiger charge is 2.32. The summed E-state index contributed by atoms with van der Waals surface area (Å²) >= 11 is 0. The lowest BCUT2D eigenvalue weighted by Gasteiger charge is -2.11. The molecular formula is C21H19F3N2O3. The first-order valence-electron chi connectivity index (χ1n) is 8.57. The van der Waals surface area contributed by atoms with Gasteiger partial charge in [0.25, 0.3) is 5.91 Å². The van der Waals surface area contributed by atoms with Crippen LogP contribution in [-0.2, 0) is 17.4 Å². The minimum atomic E-state index is -4.59. The van der Waals surface area contributed by atoms with E-state index in [1.165, 1.54) is 32.4 Å². The predicted molar refractivity (Wildman–Crippen MR) is 101 cm³/mol. The lowest BCUT2D eigenvalue weighted by atomic mass is 10.0. The monoisotopic (exact) mass is 404 g/mol. The van der Waals surface area contributed by atoms with Gasteiger partial charge < -0.3 is 14.8 Å². The molecule has 1 amide bonds. The van der Waals surface area contributed by atoms with Crippen LogP contribution in [0.15, 0.2) is 48.0 Å². The van der Waals surface area contributed by atoms with Crippen molar-refractivity contribution < 1.29 is 27.4 Å². The zero-order chi connectivity index (χ0) is 21.4. The number of carbonyl (C=O) groups excluding carboxylic acids is 1. The quantitative estimate of drug-likeness (QED) is 0.560. The van der Waals surface area contributed by atoms with Gasteiger partial charge in [0.1, 0.15) is 11.6 Å². The number of alkyl halides is 3. The van der Waals surface area contributed by atoms with Crippen LogP contribution in [0.4, 0.5) is 13.2 Å². The van der Waals surface area contributed by atoms with Crippen molar-refractivity contribution in [1.29, 1.82) is 5.26 Å². The number of methoxy groups -OCH3 is 2. The van der Waals surface area contributed by atoms with Gasteiger partial charge >= 0.3 is 6.18 Å². The second-order valence-electron chi connectivity index (χ2n) is 5.95. The van der Waals surface area contributed by atoms with Gasteiger partial charge in [0, 0.05) is 6.54 Å². The third-order valence-electron chi connectivity index (χ3n) is 4.08. The fourth-order valence-electron chi connectivity index (χ4n) is 2.64. The number of halogens is 3. The molecule has 2 aromatic rings. The Balaban J connectivity index is 2.08. The highest BCUT2D eigenvalue weighted by Crippen LogP contribution is 2.32. The summed E-state index contributed by atoms with van der Waals surface area (Å²) in [5, 5.41) is 11.7. The van der Waals surface area contributed by atoms with Crippen LogP contribution in [0, 0.1) is 11.3 Å². The van der Waals surface area contributed by atoms with E-state index in [2.05, 4.69) is 5.32 Å². The van der Waals surface area contributed by atoms with E-state index in [-0.39, 0.29) is 12.1 Å². The van der Waals surface area contributed by atoms with Crippen molar-refractivity contribution >= 4 is 12.0 Å². The van der Waals surface area contributed by atoms with Crippen LogP contribution in [0.1, 0.15) is 16.7 Å². The first kappa shape index (κ1) is 21.8. The molecule has 29 heavy (non-hydrogen) atoms. The second-order valence-corrected chi connectivity index (χ2v) is 5.95. The summed E-state index contributed by atoms with van der Waals surface area (Å²) in [5.41, 5.74) is -0.709. The maximum atomic E-state index is 13.1. The molecule has 1 N–H and O–H groups in total. The van der Waals surface area contributed by atoms with E-state index in [0.29, 0.717) is 17.9 Å². The van der Waals surface area contributed by atoms with Crippen molar-refractivity contribution in [1.82, 2.24) is 5.32 Å². The van der Waals surface area contributed by atoms with Crippen LogP contribution in [0.25, 0.3) is 6.08 Å². The molecule has 2 aromatic carbocycles. The molecule has 0 aliphatic heterocycles. The number of amides is 1. The Kier molecular flexibility index (Phi) is 7.26. The molecule has 0 spiro atoms. The maximum absolute atomic E-state index is 13.1. The Morgan fingerprint density at radius 3 is 2.45 bits per heavy atom. The summed E-state index contributed by atoms with van der Waals surface area (Å²) < 4.78 is 49.6. The summed E-state index contributed by atoms with van der Waals surface area (Å²) in [6.07, 6.45) is -3.21.